The summed E-state index contributed by atoms with van der Waals surface area (Å²) in [7, 11) is 5.73. The van der Waals surface area contributed by atoms with Gasteiger partial charge >= 0.3 is 0 Å². The summed E-state index contributed by atoms with van der Waals surface area (Å²) in [5.74, 6) is 1.02. The zero-order valence-corrected chi connectivity index (χ0v) is 15.1. The lowest BCUT2D eigenvalue weighted by Gasteiger charge is -2.29. The molecule has 0 spiro atoms. The van der Waals surface area contributed by atoms with Crippen LogP contribution in [-0.4, -0.2) is 67.7 Å². The van der Waals surface area contributed by atoms with Gasteiger partial charge in [-0.05, 0) is 24.5 Å². The molecule has 1 aromatic heterocycles. The first-order valence-electron chi connectivity index (χ1n) is 8.41. The number of methoxy groups -OCH3 is 1. The molecule has 1 aliphatic rings. The fourth-order valence-electron chi connectivity index (χ4n) is 2.71. The van der Waals surface area contributed by atoms with Crippen LogP contribution in [0.1, 0.15) is 25.5 Å². The smallest absolute Gasteiger partial charge is 0.248 e. The van der Waals surface area contributed by atoms with Gasteiger partial charge in [-0.1, -0.05) is 19.1 Å². The van der Waals surface area contributed by atoms with E-state index < -0.39 is 0 Å². The van der Waals surface area contributed by atoms with Gasteiger partial charge < -0.3 is 14.6 Å². The Bertz CT molecular complexity index is 644. The Morgan fingerprint density at radius 3 is 2.79 bits per heavy atom. The molecule has 1 unspecified atom stereocenters. The molecule has 24 heavy (non-hydrogen) atoms. The molecule has 2 rings (SSSR count). The second-order valence-corrected chi connectivity index (χ2v) is 6.18. The second kappa shape index (κ2) is 8.80. The Morgan fingerprint density at radius 1 is 1.46 bits per heavy atom. The molecule has 0 fully saturated rings. The van der Waals surface area contributed by atoms with Gasteiger partial charge in [0.05, 0.1) is 6.54 Å². The average molecular weight is 332 g/mol. The van der Waals surface area contributed by atoms with Crippen molar-refractivity contribution in [2.45, 2.75) is 26.0 Å². The first kappa shape index (κ1) is 18.4. The second-order valence-electron chi connectivity index (χ2n) is 6.18. The van der Waals surface area contributed by atoms with Crippen LogP contribution >= 0.6 is 0 Å². The van der Waals surface area contributed by atoms with Crippen molar-refractivity contribution in [3.63, 3.8) is 0 Å². The van der Waals surface area contributed by atoms with Crippen molar-refractivity contribution in [2.75, 3.05) is 40.8 Å². The molecule has 6 nitrogen and oxygen atoms in total. The molecule has 2 heterocycles. The van der Waals surface area contributed by atoms with Crippen LogP contribution in [0.15, 0.2) is 34.1 Å². The minimum Gasteiger partial charge on any atom is -0.365 e. The summed E-state index contributed by atoms with van der Waals surface area (Å²) in [5.41, 5.74) is 2.08. The van der Waals surface area contributed by atoms with Gasteiger partial charge in [0.2, 0.25) is 5.56 Å². The fourth-order valence-corrected chi connectivity index (χ4v) is 2.71. The lowest BCUT2D eigenvalue weighted by atomic mass is 10.0. The molecule has 0 radical (unpaired) electrons. The summed E-state index contributed by atoms with van der Waals surface area (Å²) >= 11 is 0. The molecule has 0 aliphatic carbocycles. The van der Waals surface area contributed by atoms with Crippen molar-refractivity contribution >= 4 is 11.4 Å². The van der Waals surface area contributed by atoms with E-state index in [4.69, 9.17) is 9.73 Å². The zero-order valence-electron chi connectivity index (χ0n) is 15.1. The molecule has 0 amide bonds. The Balaban J connectivity index is 2.03. The van der Waals surface area contributed by atoms with Crippen LogP contribution < -0.4 is 5.56 Å². The van der Waals surface area contributed by atoms with Gasteiger partial charge in [-0.15, -0.1) is 0 Å². The van der Waals surface area contributed by atoms with Crippen LogP contribution in [0.5, 0.6) is 0 Å². The van der Waals surface area contributed by atoms with Gasteiger partial charge in [-0.25, -0.2) is 4.99 Å². The van der Waals surface area contributed by atoms with Gasteiger partial charge in [0, 0.05) is 46.1 Å². The number of aliphatic imine (C=N–C) groups is 1. The third-order valence-electron chi connectivity index (χ3n) is 4.20. The minimum atomic E-state index is -0.0901. The monoisotopic (exact) mass is 332 g/mol. The van der Waals surface area contributed by atoms with Crippen LogP contribution in [-0.2, 0) is 4.74 Å². The molecular weight excluding hydrogens is 304 g/mol. The van der Waals surface area contributed by atoms with E-state index >= 15 is 0 Å². The SMILES string of the molecule is CCC(N=C(CN1CC=C(c2cccc(=O)[nH]2)CC1)N(C)C)OC. The van der Waals surface area contributed by atoms with Crippen molar-refractivity contribution in [1.29, 1.82) is 0 Å². The first-order chi connectivity index (χ1) is 11.5. The molecule has 1 aliphatic heterocycles. The number of likely N-dealkylation sites (N-methyl/N-ethyl adjacent to an activating group) is 1. The summed E-state index contributed by atoms with van der Waals surface area (Å²) in [4.78, 5) is 23.5. The van der Waals surface area contributed by atoms with Gasteiger partial charge in [0.25, 0.3) is 0 Å². The lowest BCUT2D eigenvalue weighted by molar-refractivity contribution is 0.106. The molecular formula is C18H28N4O2. The highest BCUT2D eigenvalue weighted by molar-refractivity contribution is 5.84. The maximum atomic E-state index is 11.5. The van der Waals surface area contributed by atoms with Crippen molar-refractivity contribution in [2.24, 2.45) is 4.99 Å². The maximum absolute atomic E-state index is 11.5. The van der Waals surface area contributed by atoms with E-state index in [1.54, 1.807) is 19.2 Å². The lowest BCUT2D eigenvalue weighted by Crippen LogP contribution is -2.39. The number of rotatable bonds is 6. The van der Waals surface area contributed by atoms with E-state index in [1.165, 1.54) is 5.57 Å². The van der Waals surface area contributed by atoms with Gasteiger partial charge in [-0.3, -0.25) is 9.69 Å². The van der Waals surface area contributed by atoms with Crippen LogP contribution in [0.2, 0.25) is 0 Å². The largest absolute Gasteiger partial charge is 0.365 e. The van der Waals surface area contributed by atoms with Crippen LogP contribution in [0, 0.1) is 0 Å². The highest BCUT2D eigenvalue weighted by Gasteiger charge is 2.17. The third kappa shape index (κ3) is 5.04. The molecule has 1 N–H and O–H groups in total. The standard InChI is InChI=1S/C18H28N4O2/c1-5-18(24-4)20-16(21(2)3)13-22-11-9-14(10-12-22)15-7-6-8-17(23)19-15/h6-9,18H,5,10-13H2,1-4H3,(H,19,23). The van der Waals surface area contributed by atoms with Gasteiger partial charge in [-0.2, -0.15) is 0 Å². The number of aromatic nitrogens is 1. The normalized spacial score (nSPS) is 17.5. The van der Waals surface area contributed by atoms with Crippen molar-refractivity contribution in [3.8, 4) is 0 Å². The average Bonchev–Trinajstić information content (AvgIpc) is 2.59. The molecule has 0 aromatic carbocycles. The Hall–Kier alpha value is -1.92. The Kier molecular flexibility index (Phi) is 6.75. The summed E-state index contributed by atoms with van der Waals surface area (Å²) in [6, 6.07) is 5.30. The number of hydrogen-bond acceptors (Lipinski definition) is 4. The maximum Gasteiger partial charge on any atom is 0.248 e. The number of aromatic amines is 1. The number of pyridine rings is 1. The number of nitrogens with one attached hydrogen (secondary N) is 1. The quantitative estimate of drug-likeness (QED) is 0.637. The summed E-state index contributed by atoms with van der Waals surface area (Å²) in [6.07, 6.45) is 3.88. The number of ether oxygens (including phenoxy) is 1. The summed E-state index contributed by atoms with van der Waals surface area (Å²) in [5, 5.41) is 0. The van der Waals surface area contributed by atoms with Crippen molar-refractivity contribution in [1.82, 2.24) is 14.8 Å². The predicted molar refractivity (Wildman–Crippen MR) is 98.3 cm³/mol. The van der Waals surface area contributed by atoms with Gasteiger partial charge in [0.15, 0.2) is 0 Å². The summed E-state index contributed by atoms with van der Waals surface area (Å²) in [6.45, 7) is 4.66. The molecule has 0 saturated heterocycles. The van der Waals surface area contributed by atoms with E-state index in [0.29, 0.717) is 0 Å². The highest BCUT2D eigenvalue weighted by Crippen LogP contribution is 2.19. The fraction of sp³-hybridized carbons (Fsp3) is 0.556. The predicted octanol–water partition coefficient (Wildman–Crippen LogP) is 1.81. The van der Waals surface area contributed by atoms with Crippen LogP contribution in [0.4, 0.5) is 0 Å². The van der Waals surface area contributed by atoms with E-state index in [9.17, 15) is 4.79 Å². The minimum absolute atomic E-state index is 0.0528. The van der Waals surface area contributed by atoms with Crippen molar-refractivity contribution in [3.05, 3.63) is 40.3 Å². The van der Waals surface area contributed by atoms with E-state index in [2.05, 4.69) is 27.8 Å². The number of amidine groups is 1. The van der Waals surface area contributed by atoms with E-state index in [1.807, 2.05) is 20.2 Å². The van der Waals surface area contributed by atoms with Crippen LogP contribution in [0.3, 0.4) is 0 Å². The zero-order chi connectivity index (χ0) is 17.5. The molecule has 0 saturated carbocycles. The highest BCUT2D eigenvalue weighted by atomic mass is 16.5. The molecule has 6 heteroatoms. The van der Waals surface area contributed by atoms with Gasteiger partial charge in [0.1, 0.15) is 12.1 Å². The summed E-state index contributed by atoms with van der Waals surface area (Å²) < 4.78 is 5.38. The number of nitrogens with zero attached hydrogens (tertiary/aromatic N) is 3. The number of hydrogen-bond donors (Lipinski definition) is 1. The molecule has 1 aromatic rings. The topological polar surface area (TPSA) is 60.9 Å². The van der Waals surface area contributed by atoms with E-state index in [0.717, 1.165) is 44.0 Å². The van der Waals surface area contributed by atoms with Crippen LogP contribution in [0.25, 0.3) is 5.57 Å². The number of H-pyrrole nitrogens is 1. The van der Waals surface area contributed by atoms with Crippen molar-refractivity contribution < 1.29 is 4.74 Å². The third-order valence-corrected chi connectivity index (χ3v) is 4.20. The first-order valence-corrected chi connectivity index (χ1v) is 8.41. The Morgan fingerprint density at radius 2 is 2.25 bits per heavy atom. The molecule has 132 valence electrons. The Labute approximate surface area is 143 Å². The molecule has 0 bridgehead atoms. The van der Waals surface area contributed by atoms with E-state index in [-0.39, 0.29) is 11.8 Å². The molecule has 1 atom stereocenters.